The molecule has 0 aliphatic carbocycles. The molecule has 0 saturated heterocycles. The van der Waals surface area contributed by atoms with Gasteiger partial charge in [0.2, 0.25) is 0 Å². The predicted octanol–water partition coefficient (Wildman–Crippen LogP) is 3.10. The fraction of sp³-hybridized carbons (Fsp3) is 0.400. The van der Waals surface area contributed by atoms with E-state index in [-0.39, 0.29) is 0 Å². The number of aromatic nitrogens is 2. The second kappa shape index (κ2) is 10.5. The van der Waals surface area contributed by atoms with E-state index >= 15 is 0 Å². The first-order valence-corrected chi connectivity index (χ1v) is 6.45. The predicted molar refractivity (Wildman–Crippen MR) is 79.4 cm³/mol. The molecule has 0 bridgehead atoms. The van der Waals surface area contributed by atoms with Gasteiger partial charge >= 0.3 is 0 Å². The smallest absolute Gasteiger partial charge is 0.0951 e. The molecular weight excluding hydrogens is 222 g/mol. The first-order valence-electron chi connectivity index (χ1n) is 6.45. The highest BCUT2D eigenvalue weighted by molar-refractivity contribution is 5.21. The fourth-order valence-electron chi connectivity index (χ4n) is 1.48. The van der Waals surface area contributed by atoms with Gasteiger partial charge in [0.15, 0.2) is 0 Å². The monoisotopic (exact) mass is 247 g/mol. The topological polar surface area (TPSA) is 43.8 Å². The molecule has 0 aromatic carbocycles. The lowest BCUT2D eigenvalue weighted by Crippen LogP contribution is -2.09. The molecule has 0 aliphatic heterocycles. The molecule has 2 N–H and O–H groups in total. The average Bonchev–Trinajstić information content (AvgIpc) is 2.84. The number of allylic oxidation sites excluding steroid dienone is 5. The van der Waals surface area contributed by atoms with Crippen LogP contribution in [0.4, 0.5) is 0 Å². The summed E-state index contributed by atoms with van der Waals surface area (Å²) < 4.78 is 2.12. The van der Waals surface area contributed by atoms with Gasteiger partial charge in [-0.2, -0.15) is 0 Å². The van der Waals surface area contributed by atoms with Crippen molar-refractivity contribution in [3.05, 3.63) is 54.7 Å². The third-order valence-electron chi connectivity index (χ3n) is 2.37. The van der Waals surface area contributed by atoms with Crippen molar-refractivity contribution in [2.45, 2.75) is 33.7 Å². The van der Waals surface area contributed by atoms with Crippen molar-refractivity contribution < 1.29 is 0 Å². The summed E-state index contributed by atoms with van der Waals surface area (Å²) >= 11 is 0. The quantitative estimate of drug-likeness (QED) is 0.785. The lowest BCUT2D eigenvalue weighted by atomic mass is 10.2. The maximum absolute atomic E-state index is 5.55. The van der Waals surface area contributed by atoms with Gasteiger partial charge < -0.3 is 10.3 Å². The molecule has 100 valence electrons. The summed E-state index contributed by atoms with van der Waals surface area (Å²) in [6.45, 7) is 11.2. The summed E-state index contributed by atoms with van der Waals surface area (Å²) in [5, 5.41) is 0. The Kier molecular flexibility index (Phi) is 9.60. The molecule has 1 aromatic heterocycles. The fourth-order valence-corrected chi connectivity index (χ4v) is 1.48. The van der Waals surface area contributed by atoms with Crippen molar-refractivity contribution in [2.24, 2.45) is 5.73 Å². The van der Waals surface area contributed by atoms with Crippen LogP contribution in [0.25, 0.3) is 0 Å². The van der Waals surface area contributed by atoms with Gasteiger partial charge in [0.1, 0.15) is 0 Å². The molecule has 0 aliphatic rings. The maximum atomic E-state index is 5.55. The number of hydrogen-bond donors (Lipinski definition) is 1. The molecule has 0 fully saturated rings. The van der Waals surface area contributed by atoms with Gasteiger partial charge in [0.25, 0.3) is 0 Å². The highest BCUT2D eigenvalue weighted by Crippen LogP contribution is 2.06. The van der Waals surface area contributed by atoms with Crippen LogP contribution in [0.2, 0.25) is 0 Å². The summed E-state index contributed by atoms with van der Waals surface area (Å²) in [4.78, 5) is 4.14. The van der Waals surface area contributed by atoms with Gasteiger partial charge in [-0.05, 0) is 19.0 Å². The Morgan fingerprint density at radius 1 is 1.50 bits per heavy atom. The highest BCUT2D eigenvalue weighted by Gasteiger charge is 2.01. The Labute approximate surface area is 111 Å². The second-order valence-corrected chi connectivity index (χ2v) is 3.51. The largest absolute Gasteiger partial charge is 0.330 e. The molecule has 0 spiro atoms. The summed E-state index contributed by atoms with van der Waals surface area (Å²) in [7, 11) is 0. The van der Waals surface area contributed by atoms with Crippen LogP contribution in [0.5, 0.6) is 0 Å². The van der Waals surface area contributed by atoms with Gasteiger partial charge in [0, 0.05) is 24.9 Å². The molecule has 1 rings (SSSR count). The summed E-state index contributed by atoms with van der Waals surface area (Å²) in [6.07, 6.45) is 12.4. The summed E-state index contributed by atoms with van der Waals surface area (Å²) in [5.41, 5.74) is 7.96. The maximum Gasteiger partial charge on any atom is 0.0951 e. The molecule has 0 atom stereocenters. The van der Waals surface area contributed by atoms with Crippen molar-refractivity contribution in [1.82, 2.24) is 9.55 Å². The van der Waals surface area contributed by atoms with Crippen LogP contribution in [-0.2, 0) is 13.0 Å². The number of nitrogens with two attached hydrogens (primary N) is 1. The van der Waals surface area contributed by atoms with Crippen LogP contribution >= 0.6 is 0 Å². The van der Waals surface area contributed by atoms with Crippen molar-refractivity contribution in [1.29, 1.82) is 0 Å². The minimum absolute atomic E-state index is 0.652. The molecule has 1 heterocycles. The van der Waals surface area contributed by atoms with E-state index in [1.54, 1.807) is 6.08 Å². The van der Waals surface area contributed by atoms with E-state index < -0.39 is 0 Å². The van der Waals surface area contributed by atoms with Crippen molar-refractivity contribution in [3.8, 4) is 0 Å². The van der Waals surface area contributed by atoms with E-state index in [1.807, 2.05) is 39.4 Å². The minimum Gasteiger partial charge on any atom is -0.330 e. The molecule has 1 aromatic rings. The number of hydrogen-bond acceptors (Lipinski definition) is 2. The van der Waals surface area contributed by atoms with E-state index in [2.05, 4.69) is 28.3 Å². The molecule has 3 nitrogen and oxygen atoms in total. The molecule has 0 amide bonds. The lowest BCUT2D eigenvalue weighted by Gasteiger charge is -2.07. The minimum atomic E-state index is 0.652. The SMILES string of the molecule is C=C/C=C\C(=C/C)Cn1cncc1CCN.CC. The Morgan fingerprint density at radius 3 is 2.78 bits per heavy atom. The van der Waals surface area contributed by atoms with Crippen LogP contribution in [0.15, 0.2) is 49.0 Å². The summed E-state index contributed by atoms with van der Waals surface area (Å²) in [5.74, 6) is 0. The van der Waals surface area contributed by atoms with Gasteiger partial charge in [-0.15, -0.1) is 0 Å². The van der Waals surface area contributed by atoms with Crippen molar-refractivity contribution in [3.63, 3.8) is 0 Å². The van der Waals surface area contributed by atoms with E-state index in [0.29, 0.717) is 6.54 Å². The Morgan fingerprint density at radius 2 is 2.22 bits per heavy atom. The molecule has 0 radical (unpaired) electrons. The zero-order chi connectivity index (χ0) is 13.8. The first-order chi connectivity index (χ1) is 8.81. The third-order valence-corrected chi connectivity index (χ3v) is 2.37. The summed E-state index contributed by atoms with van der Waals surface area (Å²) in [6, 6.07) is 0. The van der Waals surface area contributed by atoms with Gasteiger partial charge in [-0.25, -0.2) is 4.98 Å². The molecule has 0 unspecified atom stereocenters. The van der Waals surface area contributed by atoms with Gasteiger partial charge in [-0.1, -0.05) is 44.7 Å². The number of rotatable bonds is 6. The van der Waals surface area contributed by atoms with E-state index in [0.717, 1.165) is 13.0 Å². The number of nitrogens with zero attached hydrogens (tertiary/aromatic N) is 2. The Balaban J connectivity index is 0.00000137. The number of imidazole rings is 1. The van der Waals surface area contributed by atoms with E-state index in [4.69, 9.17) is 5.73 Å². The molecular formula is C15H25N3. The van der Waals surface area contributed by atoms with E-state index in [1.165, 1.54) is 11.3 Å². The van der Waals surface area contributed by atoms with Crippen molar-refractivity contribution in [2.75, 3.05) is 6.54 Å². The highest BCUT2D eigenvalue weighted by atomic mass is 15.0. The van der Waals surface area contributed by atoms with E-state index in [9.17, 15) is 0 Å². The zero-order valence-corrected chi connectivity index (χ0v) is 11.8. The van der Waals surface area contributed by atoms with Crippen LogP contribution in [0, 0.1) is 0 Å². The third kappa shape index (κ3) is 5.64. The van der Waals surface area contributed by atoms with Crippen LogP contribution < -0.4 is 5.73 Å². The zero-order valence-electron chi connectivity index (χ0n) is 11.8. The van der Waals surface area contributed by atoms with Crippen LogP contribution in [-0.4, -0.2) is 16.1 Å². The van der Waals surface area contributed by atoms with Crippen molar-refractivity contribution >= 4 is 0 Å². The Bertz CT molecular complexity index is 386. The molecule has 18 heavy (non-hydrogen) atoms. The first kappa shape index (κ1) is 16.4. The van der Waals surface area contributed by atoms with Crippen LogP contribution in [0.3, 0.4) is 0 Å². The normalized spacial score (nSPS) is 11.2. The molecule has 0 saturated carbocycles. The Hall–Kier alpha value is -1.61. The van der Waals surface area contributed by atoms with Gasteiger partial charge in [-0.3, -0.25) is 0 Å². The molecule has 3 heteroatoms. The van der Waals surface area contributed by atoms with Gasteiger partial charge in [0.05, 0.1) is 6.33 Å². The second-order valence-electron chi connectivity index (χ2n) is 3.51. The average molecular weight is 247 g/mol. The standard InChI is InChI=1S/C13H19N3.C2H6/c1-3-5-6-12(4-2)10-16-11-15-9-13(16)7-8-14;1-2/h3-6,9,11H,1,7-8,10,14H2,2H3;1-2H3/b6-5-,12-4+;. The van der Waals surface area contributed by atoms with Crippen LogP contribution in [0.1, 0.15) is 26.5 Å². The lowest BCUT2D eigenvalue weighted by molar-refractivity contribution is 0.731.